The summed E-state index contributed by atoms with van der Waals surface area (Å²) in [4.78, 5) is 0. The van der Waals surface area contributed by atoms with Crippen molar-refractivity contribution in [3.05, 3.63) is 58.8 Å². The van der Waals surface area contributed by atoms with Crippen LogP contribution in [-0.4, -0.2) is 0 Å². The predicted molar refractivity (Wildman–Crippen MR) is 63.7 cm³/mol. The van der Waals surface area contributed by atoms with E-state index in [4.69, 9.17) is 10.3 Å². The van der Waals surface area contributed by atoms with Crippen LogP contribution in [0.1, 0.15) is 28.7 Å². The highest BCUT2D eigenvalue weighted by atomic mass is 19.1. The van der Waals surface area contributed by atoms with Crippen LogP contribution in [0.4, 0.5) is 4.39 Å². The van der Waals surface area contributed by atoms with Gasteiger partial charge in [-0.05, 0) is 37.6 Å². The van der Waals surface area contributed by atoms with Gasteiger partial charge in [-0.25, -0.2) is 9.82 Å². The number of furan rings is 1. The van der Waals surface area contributed by atoms with Crippen LogP contribution >= 0.6 is 0 Å². The first-order valence-corrected chi connectivity index (χ1v) is 5.40. The Balaban J connectivity index is 2.43. The van der Waals surface area contributed by atoms with Crippen LogP contribution in [0.3, 0.4) is 0 Å². The summed E-state index contributed by atoms with van der Waals surface area (Å²) in [7, 11) is 0. The molecule has 0 fully saturated rings. The summed E-state index contributed by atoms with van der Waals surface area (Å²) in [6, 6.07) is 8.01. The Morgan fingerprint density at radius 2 is 2.06 bits per heavy atom. The van der Waals surface area contributed by atoms with Crippen LogP contribution < -0.4 is 11.3 Å². The lowest BCUT2D eigenvalue weighted by Gasteiger charge is -2.15. The van der Waals surface area contributed by atoms with Gasteiger partial charge in [0, 0.05) is 5.56 Å². The maximum Gasteiger partial charge on any atom is 0.123 e. The normalized spacial score (nSPS) is 12.7. The zero-order valence-electron chi connectivity index (χ0n) is 9.83. The van der Waals surface area contributed by atoms with E-state index in [1.54, 1.807) is 6.07 Å². The molecule has 0 spiro atoms. The van der Waals surface area contributed by atoms with E-state index in [0.717, 1.165) is 22.6 Å². The first-order valence-electron chi connectivity index (χ1n) is 5.40. The standard InChI is InChI=1S/C13H15FN2O/c1-8-6-12(9(2)17-8)13(16-15)10-4-3-5-11(14)7-10/h3-7,13,16H,15H2,1-2H3. The van der Waals surface area contributed by atoms with Crippen molar-refractivity contribution in [1.29, 1.82) is 0 Å². The van der Waals surface area contributed by atoms with Crippen molar-refractivity contribution in [1.82, 2.24) is 5.43 Å². The highest BCUT2D eigenvalue weighted by Gasteiger charge is 2.18. The molecule has 90 valence electrons. The first-order chi connectivity index (χ1) is 8.11. The molecule has 0 radical (unpaired) electrons. The topological polar surface area (TPSA) is 51.2 Å². The Bertz CT molecular complexity index is 522. The molecule has 0 amide bonds. The Morgan fingerprint density at radius 3 is 2.59 bits per heavy atom. The van der Waals surface area contributed by atoms with Crippen molar-refractivity contribution in [2.24, 2.45) is 5.84 Å². The minimum atomic E-state index is -0.277. The maximum absolute atomic E-state index is 13.2. The Kier molecular flexibility index (Phi) is 3.26. The third-order valence-electron chi connectivity index (χ3n) is 2.74. The van der Waals surface area contributed by atoms with Crippen molar-refractivity contribution in [2.75, 3.05) is 0 Å². The zero-order chi connectivity index (χ0) is 12.4. The van der Waals surface area contributed by atoms with Gasteiger partial charge in [-0.1, -0.05) is 12.1 Å². The van der Waals surface area contributed by atoms with Gasteiger partial charge in [0.15, 0.2) is 0 Å². The van der Waals surface area contributed by atoms with E-state index in [-0.39, 0.29) is 11.9 Å². The molecule has 0 aliphatic heterocycles. The summed E-state index contributed by atoms with van der Waals surface area (Å²) < 4.78 is 18.7. The Labute approximate surface area is 99.4 Å². The van der Waals surface area contributed by atoms with Crippen LogP contribution in [0.2, 0.25) is 0 Å². The number of nitrogens with two attached hydrogens (primary N) is 1. The predicted octanol–water partition coefficient (Wildman–Crippen LogP) is 2.59. The maximum atomic E-state index is 13.2. The van der Waals surface area contributed by atoms with Crippen molar-refractivity contribution < 1.29 is 8.81 Å². The fourth-order valence-electron chi connectivity index (χ4n) is 1.99. The molecule has 1 unspecified atom stereocenters. The fraction of sp³-hybridized carbons (Fsp3) is 0.231. The molecular formula is C13H15FN2O. The van der Waals surface area contributed by atoms with E-state index in [2.05, 4.69) is 5.43 Å². The summed E-state index contributed by atoms with van der Waals surface area (Å²) >= 11 is 0. The third-order valence-corrected chi connectivity index (χ3v) is 2.74. The molecule has 0 saturated heterocycles. The van der Waals surface area contributed by atoms with Crippen LogP contribution in [0.25, 0.3) is 0 Å². The second-order valence-electron chi connectivity index (χ2n) is 4.02. The number of hydrogen-bond acceptors (Lipinski definition) is 3. The summed E-state index contributed by atoms with van der Waals surface area (Å²) in [5.74, 6) is 6.87. The van der Waals surface area contributed by atoms with E-state index in [1.807, 2.05) is 26.0 Å². The fourth-order valence-corrected chi connectivity index (χ4v) is 1.99. The Morgan fingerprint density at radius 1 is 1.29 bits per heavy atom. The van der Waals surface area contributed by atoms with E-state index < -0.39 is 0 Å². The highest BCUT2D eigenvalue weighted by molar-refractivity contribution is 5.34. The van der Waals surface area contributed by atoms with Gasteiger partial charge in [-0.15, -0.1) is 0 Å². The number of aryl methyl sites for hydroxylation is 2. The highest BCUT2D eigenvalue weighted by Crippen LogP contribution is 2.27. The van der Waals surface area contributed by atoms with Gasteiger partial charge in [0.05, 0.1) is 6.04 Å². The molecule has 0 bridgehead atoms. The van der Waals surface area contributed by atoms with Crippen molar-refractivity contribution in [3.8, 4) is 0 Å². The number of rotatable bonds is 3. The molecule has 3 N–H and O–H groups in total. The quantitative estimate of drug-likeness (QED) is 0.634. The average Bonchev–Trinajstić information content (AvgIpc) is 2.59. The van der Waals surface area contributed by atoms with Gasteiger partial charge in [-0.3, -0.25) is 5.84 Å². The van der Waals surface area contributed by atoms with Crippen LogP contribution in [0.5, 0.6) is 0 Å². The van der Waals surface area contributed by atoms with Crippen LogP contribution in [0.15, 0.2) is 34.7 Å². The molecule has 1 atom stereocenters. The molecule has 0 aliphatic rings. The first kappa shape index (κ1) is 11.8. The molecule has 1 aromatic heterocycles. The minimum absolute atomic E-state index is 0.261. The second kappa shape index (κ2) is 4.69. The largest absolute Gasteiger partial charge is 0.466 e. The van der Waals surface area contributed by atoms with Crippen LogP contribution in [-0.2, 0) is 0 Å². The molecule has 1 aromatic carbocycles. The van der Waals surface area contributed by atoms with Gasteiger partial charge in [0.1, 0.15) is 17.3 Å². The van der Waals surface area contributed by atoms with Gasteiger partial charge >= 0.3 is 0 Å². The smallest absolute Gasteiger partial charge is 0.123 e. The zero-order valence-corrected chi connectivity index (χ0v) is 9.83. The Hall–Kier alpha value is -1.65. The van der Waals surface area contributed by atoms with E-state index >= 15 is 0 Å². The number of hydrogen-bond donors (Lipinski definition) is 2. The molecule has 1 heterocycles. The molecule has 0 aliphatic carbocycles. The number of hydrazine groups is 1. The number of nitrogens with one attached hydrogen (secondary N) is 1. The molecule has 2 aromatic rings. The molecule has 4 heteroatoms. The van der Waals surface area contributed by atoms with E-state index in [1.165, 1.54) is 12.1 Å². The molecule has 2 rings (SSSR count). The second-order valence-corrected chi connectivity index (χ2v) is 4.02. The van der Waals surface area contributed by atoms with Gasteiger partial charge in [0.2, 0.25) is 0 Å². The summed E-state index contributed by atoms with van der Waals surface area (Å²) in [6.45, 7) is 3.74. The van der Waals surface area contributed by atoms with E-state index in [0.29, 0.717) is 0 Å². The third kappa shape index (κ3) is 2.38. The van der Waals surface area contributed by atoms with Crippen molar-refractivity contribution in [3.63, 3.8) is 0 Å². The SMILES string of the molecule is Cc1cc(C(NN)c2cccc(F)c2)c(C)o1. The number of benzene rings is 1. The van der Waals surface area contributed by atoms with Gasteiger partial charge in [0.25, 0.3) is 0 Å². The van der Waals surface area contributed by atoms with Gasteiger partial charge < -0.3 is 4.42 Å². The molecule has 3 nitrogen and oxygen atoms in total. The molecule has 17 heavy (non-hydrogen) atoms. The lowest BCUT2D eigenvalue weighted by molar-refractivity contribution is 0.494. The summed E-state index contributed by atoms with van der Waals surface area (Å²) in [5, 5.41) is 0. The lowest BCUT2D eigenvalue weighted by Crippen LogP contribution is -2.29. The monoisotopic (exact) mass is 234 g/mol. The summed E-state index contributed by atoms with van der Waals surface area (Å²) in [5.41, 5.74) is 4.39. The van der Waals surface area contributed by atoms with Crippen molar-refractivity contribution >= 4 is 0 Å². The summed E-state index contributed by atoms with van der Waals surface area (Å²) in [6.07, 6.45) is 0. The number of halogens is 1. The molecule has 0 saturated carbocycles. The van der Waals surface area contributed by atoms with E-state index in [9.17, 15) is 4.39 Å². The average molecular weight is 234 g/mol. The van der Waals surface area contributed by atoms with Gasteiger partial charge in [-0.2, -0.15) is 0 Å². The lowest BCUT2D eigenvalue weighted by atomic mass is 9.99. The van der Waals surface area contributed by atoms with Crippen LogP contribution in [0, 0.1) is 19.7 Å². The minimum Gasteiger partial charge on any atom is -0.466 e. The molecular weight excluding hydrogens is 219 g/mol. The van der Waals surface area contributed by atoms with Crippen molar-refractivity contribution in [2.45, 2.75) is 19.9 Å².